The summed E-state index contributed by atoms with van der Waals surface area (Å²) in [4.78, 5) is 28.5. The predicted molar refractivity (Wildman–Crippen MR) is 152 cm³/mol. The molecular weight excluding hydrogens is 500 g/mol. The highest BCUT2D eigenvalue weighted by molar-refractivity contribution is 6.34. The van der Waals surface area contributed by atoms with E-state index < -0.39 is 0 Å². The maximum atomic E-state index is 12.9. The van der Waals surface area contributed by atoms with Crippen LogP contribution in [0.2, 0.25) is 5.02 Å². The lowest BCUT2D eigenvalue weighted by Crippen LogP contribution is -2.49. The van der Waals surface area contributed by atoms with Gasteiger partial charge in [0.15, 0.2) is 0 Å². The summed E-state index contributed by atoms with van der Waals surface area (Å²) in [5, 5.41) is 12.7. The van der Waals surface area contributed by atoms with Crippen molar-refractivity contribution in [3.63, 3.8) is 0 Å². The molecule has 4 aromatic rings. The van der Waals surface area contributed by atoms with Crippen molar-refractivity contribution in [2.45, 2.75) is 13.8 Å². The first-order chi connectivity index (χ1) is 18.4. The Kier molecular flexibility index (Phi) is 7.62. The molecule has 8 nitrogen and oxygen atoms in total. The Morgan fingerprint density at radius 1 is 1.00 bits per heavy atom. The first-order valence-electron chi connectivity index (χ1n) is 12.8. The van der Waals surface area contributed by atoms with Crippen LogP contribution >= 0.6 is 11.6 Å². The summed E-state index contributed by atoms with van der Waals surface area (Å²) in [6, 6.07) is 19.4. The minimum absolute atomic E-state index is 0.118. The van der Waals surface area contributed by atoms with Gasteiger partial charge < -0.3 is 15.5 Å². The van der Waals surface area contributed by atoms with Crippen molar-refractivity contribution in [3.05, 3.63) is 83.0 Å². The van der Waals surface area contributed by atoms with Crippen molar-refractivity contribution in [2.75, 3.05) is 44.6 Å². The maximum absolute atomic E-state index is 12.9. The van der Waals surface area contributed by atoms with Crippen molar-refractivity contribution in [3.8, 4) is 5.69 Å². The molecule has 1 aromatic heterocycles. The molecule has 9 heteroatoms. The highest BCUT2D eigenvalue weighted by Crippen LogP contribution is 2.30. The summed E-state index contributed by atoms with van der Waals surface area (Å²) in [5.41, 5.74) is 5.13. The number of nitrogens with zero attached hydrogens (tertiary/aromatic N) is 4. The molecule has 1 saturated heterocycles. The number of halogens is 1. The number of hydrogen-bond donors (Lipinski definition) is 2. The molecule has 2 amide bonds. The van der Waals surface area contributed by atoms with Gasteiger partial charge in [-0.2, -0.15) is 5.10 Å². The molecule has 0 unspecified atom stereocenters. The van der Waals surface area contributed by atoms with Crippen LogP contribution in [-0.2, 0) is 4.79 Å². The third kappa shape index (κ3) is 5.66. The summed E-state index contributed by atoms with van der Waals surface area (Å²) in [6.07, 6.45) is 1.82. The van der Waals surface area contributed by atoms with E-state index in [1.165, 1.54) is 0 Å². The number of aryl methyl sites for hydroxylation is 1. The van der Waals surface area contributed by atoms with Gasteiger partial charge in [-0.15, -0.1) is 0 Å². The zero-order valence-corrected chi connectivity index (χ0v) is 22.3. The van der Waals surface area contributed by atoms with Crippen LogP contribution in [0.3, 0.4) is 0 Å². The van der Waals surface area contributed by atoms with Crippen LogP contribution in [0.1, 0.15) is 22.8 Å². The van der Waals surface area contributed by atoms with Gasteiger partial charge in [-0.3, -0.25) is 14.5 Å². The van der Waals surface area contributed by atoms with Crippen LogP contribution in [0, 0.1) is 6.92 Å². The summed E-state index contributed by atoms with van der Waals surface area (Å²) >= 11 is 6.45. The normalized spacial score (nSPS) is 14.0. The fraction of sp³-hybridized carbons (Fsp3) is 0.276. The van der Waals surface area contributed by atoms with Gasteiger partial charge in [-0.25, -0.2) is 4.68 Å². The Hall–Kier alpha value is -3.88. The Balaban J connectivity index is 1.23. The number of rotatable bonds is 7. The third-order valence-corrected chi connectivity index (χ3v) is 7.42. The quantitative estimate of drug-likeness (QED) is 0.364. The van der Waals surface area contributed by atoms with Crippen molar-refractivity contribution in [2.24, 2.45) is 0 Å². The first-order valence-corrected chi connectivity index (χ1v) is 13.1. The topological polar surface area (TPSA) is 82.5 Å². The summed E-state index contributed by atoms with van der Waals surface area (Å²) in [6.45, 7) is 8.01. The van der Waals surface area contributed by atoms with E-state index in [1.54, 1.807) is 6.92 Å². The molecule has 0 spiro atoms. The van der Waals surface area contributed by atoms with E-state index in [2.05, 4.69) is 20.6 Å². The molecule has 0 saturated carbocycles. The average Bonchev–Trinajstić information content (AvgIpc) is 3.35. The van der Waals surface area contributed by atoms with E-state index in [9.17, 15) is 9.59 Å². The number of nitrogens with one attached hydrogen (secondary N) is 2. The Morgan fingerprint density at radius 2 is 1.79 bits per heavy atom. The van der Waals surface area contributed by atoms with Gasteiger partial charge in [0.05, 0.1) is 28.1 Å². The average molecular weight is 531 g/mol. The second-order valence-electron chi connectivity index (χ2n) is 9.55. The van der Waals surface area contributed by atoms with Crippen molar-refractivity contribution >= 4 is 45.7 Å². The first kappa shape index (κ1) is 25.8. The van der Waals surface area contributed by atoms with Gasteiger partial charge in [0.1, 0.15) is 0 Å². The molecule has 38 heavy (non-hydrogen) atoms. The standard InChI is InChI=1S/C29H31ClN6O2/c1-20-5-3-8-26(28(20)30)33-24-9-10-27-23(17-24)19-32-36(27)25-7-4-6-22(18-25)29(38)31-11-12-34-13-15-35(16-14-34)21(2)37/h3-10,17-19,33H,11-16H2,1-2H3,(H,31,38). The second-order valence-corrected chi connectivity index (χ2v) is 9.92. The third-order valence-electron chi connectivity index (χ3n) is 6.92. The zero-order valence-electron chi connectivity index (χ0n) is 21.6. The largest absolute Gasteiger partial charge is 0.354 e. The predicted octanol–water partition coefficient (Wildman–Crippen LogP) is 4.62. The maximum Gasteiger partial charge on any atom is 0.251 e. The molecule has 2 heterocycles. The van der Waals surface area contributed by atoms with Crippen LogP contribution in [-0.4, -0.2) is 70.7 Å². The number of carbonyl (C=O) groups excluding carboxylic acids is 2. The summed E-state index contributed by atoms with van der Waals surface area (Å²) in [5.74, 6) is -0.000671. The Morgan fingerprint density at radius 3 is 2.58 bits per heavy atom. The van der Waals surface area contributed by atoms with Gasteiger partial charge in [0.2, 0.25) is 5.91 Å². The molecule has 1 aliphatic rings. The van der Waals surface area contributed by atoms with Gasteiger partial charge in [0, 0.05) is 62.8 Å². The molecule has 0 radical (unpaired) electrons. The number of anilines is 2. The van der Waals surface area contributed by atoms with Gasteiger partial charge in [-0.05, 0) is 55.0 Å². The highest BCUT2D eigenvalue weighted by atomic mass is 35.5. The number of amides is 2. The van der Waals surface area contributed by atoms with Crippen LogP contribution in [0.4, 0.5) is 11.4 Å². The number of carbonyl (C=O) groups is 2. The summed E-state index contributed by atoms with van der Waals surface area (Å²) in [7, 11) is 0. The lowest BCUT2D eigenvalue weighted by molar-refractivity contribution is -0.130. The van der Waals surface area contributed by atoms with Gasteiger partial charge in [0.25, 0.3) is 5.91 Å². The van der Waals surface area contributed by atoms with Gasteiger partial charge >= 0.3 is 0 Å². The van der Waals surface area contributed by atoms with E-state index in [-0.39, 0.29) is 11.8 Å². The fourth-order valence-corrected chi connectivity index (χ4v) is 4.88. The molecule has 1 fully saturated rings. The van der Waals surface area contributed by atoms with Crippen LogP contribution < -0.4 is 10.6 Å². The number of aromatic nitrogens is 2. The molecule has 5 rings (SSSR count). The number of benzene rings is 3. The molecule has 196 valence electrons. The van der Waals surface area contributed by atoms with Crippen molar-refractivity contribution in [1.29, 1.82) is 0 Å². The van der Waals surface area contributed by atoms with E-state index >= 15 is 0 Å². The SMILES string of the molecule is CC(=O)N1CCN(CCNC(=O)c2cccc(-n3ncc4cc(Nc5cccc(C)c5Cl)ccc43)c2)CC1. The molecular formula is C29H31ClN6O2. The number of piperazine rings is 1. The molecule has 3 aromatic carbocycles. The second kappa shape index (κ2) is 11.2. The zero-order chi connectivity index (χ0) is 26.6. The van der Waals surface area contributed by atoms with Crippen molar-refractivity contribution in [1.82, 2.24) is 24.9 Å². The minimum Gasteiger partial charge on any atom is -0.354 e. The fourth-order valence-electron chi connectivity index (χ4n) is 4.71. The number of fused-ring (bicyclic) bond motifs is 1. The molecule has 1 aliphatic heterocycles. The van der Waals surface area contributed by atoms with E-state index in [0.29, 0.717) is 17.1 Å². The highest BCUT2D eigenvalue weighted by Gasteiger charge is 2.18. The lowest BCUT2D eigenvalue weighted by atomic mass is 10.1. The van der Waals surface area contributed by atoms with E-state index in [4.69, 9.17) is 11.6 Å². The molecule has 0 aliphatic carbocycles. The monoisotopic (exact) mass is 530 g/mol. The van der Waals surface area contributed by atoms with Crippen molar-refractivity contribution < 1.29 is 9.59 Å². The Labute approximate surface area is 227 Å². The Bertz CT molecular complexity index is 1480. The minimum atomic E-state index is -0.118. The van der Waals surface area contributed by atoms with E-state index in [1.807, 2.05) is 83.4 Å². The van der Waals surface area contributed by atoms with Gasteiger partial charge in [-0.1, -0.05) is 29.8 Å². The van der Waals surface area contributed by atoms with Crippen LogP contribution in [0.25, 0.3) is 16.6 Å². The van der Waals surface area contributed by atoms with Crippen LogP contribution in [0.5, 0.6) is 0 Å². The molecule has 0 atom stereocenters. The van der Waals surface area contributed by atoms with Crippen LogP contribution in [0.15, 0.2) is 66.9 Å². The summed E-state index contributed by atoms with van der Waals surface area (Å²) < 4.78 is 1.84. The smallest absolute Gasteiger partial charge is 0.251 e. The lowest BCUT2D eigenvalue weighted by Gasteiger charge is -2.34. The number of hydrogen-bond acceptors (Lipinski definition) is 5. The molecule has 0 bridgehead atoms. The molecule has 2 N–H and O–H groups in total. The van der Waals surface area contributed by atoms with E-state index in [0.717, 1.165) is 66.3 Å².